The van der Waals surface area contributed by atoms with E-state index in [4.69, 9.17) is 9.47 Å². The van der Waals surface area contributed by atoms with Crippen molar-refractivity contribution in [1.82, 2.24) is 14.9 Å². The van der Waals surface area contributed by atoms with Crippen molar-refractivity contribution in [2.45, 2.75) is 44.6 Å². The Hall–Kier alpha value is -3.47. The molecule has 1 aromatic carbocycles. The molecule has 11 heteroatoms. The number of nitrogens with one attached hydrogen (secondary N) is 1. The number of amides is 2. The highest BCUT2D eigenvalue weighted by Crippen LogP contribution is 2.35. The van der Waals surface area contributed by atoms with Gasteiger partial charge in [-0.1, -0.05) is 6.07 Å². The Morgan fingerprint density at radius 2 is 2.16 bits per heavy atom. The zero-order chi connectivity index (χ0) is 22.4. The second-order valence-electron chi connectivity index (χ2n) is 7.98. The van der Waals surface area contributed by atoms with E-state index >= 15 is 0 Å². The number of hydrogen-bond acceptors (Lipinski definition) is 7. The number of benzene rings is 1. The highest BCUT2D eigenvalue weighted by Gasteiger charge is 2.35. The number of cyclic esters (lactones) is 1. The first-order valence-corrected chi connectivity index (χ1v) is 10.4. The average molecular weight is 444 g/mol. The summed E-state index contributed by atoms with van der Waals surface area (Å²) in [6.45, 7) is 0.648. The van der Waals surface area contributed by atoms with Gasteiger partial charge >= 0.3 is 6.09 Å². The first kappa shape index (κ1) is 20.4. The molecule has 0 spiro atoms. The van der Waals surface area contributed by atoms with Crippen molar-refractivity contribution in [3.63, 3.8) is 0 Å². The van der Waals surface area contributed by atoms with Crippen molar-refractivity contribution >= 4 is 17.7 Å². The van der Waals surface area contributed by atoms with E-state index in [0.29, 0.717) is 17.8 Å². The minimum atomic E-state index is -0.764. The van der Waals surface area contributed by atoms with Crippen molar-refractivity contribution in [3.8, 4) is 5.75 Å². The van der Waals surface area contributed by atoms with Crippen LogP contribution in [0, 0.1) is 5.82 Å². The third-order valence-electron chi connectivity index (χ3n) is 5.95. The van der Waals surface area contributed by atoms with E-state index in [1.165, 1.54) is 27.7 Å². The molecule has 3 aliphatic heterocycles. The van der Waals surface area contributed by atoms with Crippen molar-refractivity contribution in [2.75, 3.05) is 18.1 Å². The maximum Gasteiger partial charge on any atom is 0.414 e. The van der Waals surface area contributed by atoms with Crippen molar-refractivity contribution in [1.29, 1.82) is 0 Å². The second kappa shape index (κ2) is 7.90. The van der Waals surface area contributed by atoms with Crippen LogP contribution in [0.15, 0.2) is 23.0 Å². The Morgan fingerprint density at radius 3 is 2.94 bits per heavy atom. The van der Waals surface area contributed by atoms with Gasteiger partial charge in [0.1, 0.15) is 24.4 Å². The molecule has 0 unspecified atom stereocenters. The predicted molar refractivity (Wildman–Crippen MR) is 108 cm³/mol. The van der Waals surface area contributed by atoms with E-state index in [1.54, 1.807) is 0 Å². The van der Waals surface area contributed by atoms with E-state index in [0.717, 1.165) is 12.8 Å². The maximum atomic E-state index is 13.8. The van der Waals surface area contributed by atoms with Gasteiger partial charge in [-0.2, -0.15) is 0 Å². The summed E-state index contributed by atoms with van der Waals surface area (Å²) in [7, 11) is 0. The molecule has 2 bridgehead atoms. The predicted octanol–water partition coefficient (Wildman–Crippen LogP) is 1.60. The summed E-state index contributed by atoms with van der Waals surface area (Å²) < 4.78 is 26.0. The number of rotatable bonds is 4. The lowest BCUT2D eigenvalue weighted by molar-refractivity contribution is -0.0860. The standard InChI is InChI=1S/C21H21FN4O6/c22-12-5-4-11(14(8-12)25-6-7-31-21(25)30)9-23-19(28)16-17(27)20(29)26-10-13-2-1-3-15(32-13)18(26)24-16/h4-5,8,13,15,27H,1-3,6-7,9-10H2,(H,23,28)/t13-,15+/m0/s1. The lowest BCUT2D eigenvalue weighted by Crippen LogP contribution is -2.42. The van der Waals surface area contributed by atoms with Crippen LogP contribution >= 0.6 is 0 Å². The molecule has 10 nitrogen and oxygen atoms in total. The van der Waals surface area contributed by atoms with Crippen molar-refractivity contribution in [3.05, 3.63) is 51.5 Å². The Labute approximate surface area is 181 Å². The summed E-state index contributed by atoms with van der Waals surface area (Å²) in [6, 6.07) is 3.84. The number of halogens is 1. The van der Waals surface area contributed by atoms with E-state index in [2.05, 4.69) is 10.3 Å². The van der Waals surface area contributed by atoms with Gasteiger partial charge in [0.25, 0.3) is 11.5 Å². The topological polar surface area (TPSA) is 123 Å². The number of carbonyl (C=O) groups excluding carboxylic acids is 2. The monoisotopic (exact) mass is 444 g/mol. The molecule has 2 aromatic rings. The van der Waals surface area contributed by atoms with Crippen LogP contribution in [0.3, 0.4) is 0 Å². The van der Waals surface area contributed by atoms with Crippen molar-refractivity contribution in [2.24, 2.45) is 0 Å². The van der Waals surface area contributed by atoms with Crippen molar-refractivity contribution < 1.29 is 28.6 Å². The number of aromatic nitrogens is 2. The zero-order valence-electron chi connectivity index (χ0n) is 17.0. The van der Waals surface area contributed by atoms with Gasteiger partial charge < -0.3 is 19.9 Å². The fourth-order valence-electron chi connectivity index (χ4n) is 4.38. The molecule has 32 heavy (non-hydrogen) atoms. The summed E-state index contributed by atoms with van der Waals surface area (Å²) >= 11 is 0. The molecule has 2 amide bonds. The third kappa shape index (κ3) is 3.48. The number of anilines is 1. The molecule has 0 aliphatic carbocycles. The molecule has 4 heterocycles. The summed E-state index contributed by atoms with van der Waals surface area (Å²) in [5.74, 6) is -1.70. The second-order valence-corrected chi connectivity index (χ2v) is 7.98. The lowest BCUT2D eigenvalue weighted by atomic mass is 10.00. The average Bonchev–Trinajstić information content (AvgIpc) is 3.21. The minimum Gasteiger partial charge on any atom is -0.501 e. The van der Waals surface area contributed by atoms with Crippen LogP contribution in [0.5, 0.6) is 5.75 Å². The minimum absolute atomic E-state index is 0.0836. The number of fused-ring (bicyclic) bond motifs is 4. The molecule has 3 aliphatic rings. The number of ether oxygens (including phenoxy) is 2. The number of aromatic hydroxyl groups is 1. The quantitative estimate of drug-likeness (QED) is 0.734. The molecule has 2 saturated heterocycles. The first-order valence-electron chi connectivity index (χ1n) is 10.4. The first-order chi connectivity index (χ1) is 15.4. The highest BCUT2D eigenvalue weighted by atomic mass is 19.1. The Morgan fingerprint density at radius 1 is 1.31 bits per heavy atom. The van der Waals surface area contributed by atoms with E-state index in [1.807, 2.05) is 0 Å². The Balaban J connectivity index is 1.41. The largest absolute Gasteiger partial charge is 0.501 e. The third-order valence-corrected chi connectivity index (χ3v) is 5.95. The van der Waals surface area contributed by atoms with Crippen LogP contribution in [0.1, 0.15) is 47.2 Å². The van der Waals surface area contributed by atoms with E-state index < -0.39 is 40.9 Å². The van der Waals surface area contributed by atoms with Crippen LogP contribution in [0.4, 0.5) is 14.9 Å². The Kier molecular flexibility index (Phi) is 5.04. The van der Waals surface area contributed by atoms with E-state index in [9.17, 15) is 23.9 Å². The number of hydrogen-bond donors (Lipinski definition) is 2. The molecule has 168 valence electrons. The Bertz CT molecular complexity index is 1170. The maximum absolute atomic E-state index is 13.8. The van der Waals surface area contributed by atoms with Gasteiger partial charge in [0.15, 0.2) is 5.69 Å². The van der Waals surface area contributed by atoms with Gasteiger partial charge in [0, 0.05) is 6.54 Å². The van der Waals surface area contributed by atoms with Gasteiger partial charge in [0.05, 0.1) is 24.9 Å². The molecule has 2 fully saturated rings. The SMILES string of the molecule is O=C(NCc1ccc(F)cc1N1CCOC1=O)c1nc2n(c(=O)c1O)C[C@@H]1CCC[C@H]2O1. The fourth-order valence-corrected chi connectivity index (χ4v) is 4.38. The molecular formula is C21H21FN4O6. The molecule has 1 aromatic heterocycles. The molecule has 0 radical (unpaired) electrons. The van der Waals surface area contributed by atoms with Crippen LogP contribution in [-0.4, -0.2) is 45.9 Å². The van der Waals surface area contributed by atoms with Gasteiger partial charge in [-0.05, 0) is 37.0 Å². The van der Waals surface area contributed by atoms with E-state index in [-0.39, 0.29) is 38.0 Å². The fraction of sp³-hybridized carbons (Fsp3) is 0.429. The summed E-state index contributed by atoms with van der Waals surface area (Å²) in [4.78, 5) is 42.9. The molecular weight excluding hydrogens is 423 g/mol. The summed E-state index contributed by atoms with van der Waals surface area (Å²) in [6.07, 6.45) is 1.34. The highest BCUT2D eigenvalue weighted by molar-refractivity contribution is 5.95. The van der Waals surface area contributed by atoms with Gasteiger partial charge in [-0.3, -0.25) is 19.1 Å². The zero-order valence-corrected chi connectivity index (χ0v) is 17.0. The normalized spacial score (nSPS) is 21.8. The number of carbonyl (C=O) groups is 2. The lowest BCUT2D eigenvalue weighted by Gasteiger charge is -2.36. The smallest absolute Gasteiger partial charge is 0.414 e. The summed E-state index contributed by atoms with van der Waals surface area (Å²) in [5, 5.41) is 13.0. The molecule has 5 rings (SSSR count). The van der Waals surface area contributed by atoms with Crippen LogP contribution in [-0.2, 0) is 22.6 Å². The molecule has 2 atom stereocenters. The summed E-state index contributed by atoms with van der Waals surface area (Å²) in [5.41, 5.74) is -0.330. The van der Waals surface area contributed by atoms with Crippen LogP contribution in [0.2, 0.25) is 0 Å². The molecule has 2 N–H and O–H groups in total. The number of nitrogens with zero attached hydrogens (tertiary/aromatic N) is 3. The van der Waals surface area contributed by atoms with Gasteiger partial charge in [0.2, 0.25) is 5.75 Å². The van der Waals surface area contributed by atoms with Crippen LogP contribution in [0.25, 0.3) is 0 Å². The molecule has 0 saturated carbocycles. The van der Waals surface area contributed by atoms with Crippen LogP contribution < -0.4 is 15.8 Å². The van der Waals surface area contributed by atoms with Gasteiger partial charge in [-0.25, -0.2) is 14.2 Å². The van der Waals surface area contributed by atoms with Gasteiger partial charge in [-0.15, -0.1) is 0 Å².